The molecule has 7 nitrogen and oxygen atoms in total. The minimum atomic E-state index is -1.24. The van der Waals surface area contributed by atoms with E-state index in [9.17, 15) is 9.59 Å². The number of nitrogens with two attached hydrogens (primary N) is 1. The first-order chi connectivity index (χ1) is 13.1. The van der Waals surface area contributed by atoms with Gasteiger partial charge in [-0.05, 0) is 29.8 Å². The van der Waals surface area contributed by atoms with E-state index in [0.29, 0.717) is 17.8 Å². The molecule has 0 atom stereocenters. The Labute approximate surface area is 155 Å². The van der Waals surface area contributed by atoms with Crippen LogP contribution in [-0.4, -0.2) is 22.1 Å². The third kappa shape index (κ3) is 4.47. The van der Waals surface area contributed by atoms with Crippen LogP contribution in [0.5, 0.6) is 0 Å². The number of pyridine rings is 1. The van der Waals surface area contributed by atoms with Crippen LogP contribution in [0.1, 0.15) is 15.9 Å². The Morgan fingerprint density at radius 2 is 1.63 bits per heavy atom. The Morgan fingerprint density at radius 3 is 2.26 bits per heavy atom. The fourth-order valence-corrected chi connectivity index (χ4v) is 2.51. The molecule has 0 unspecified atom stereocenters. The van der Waals surface area contributed by atoms with E-state index in [4.69, 9.17) is 10.8 Å². The molecule has 0 saturated heterocycles. The summed E-state index contributed by atoms with van der Waals surface area (Å²) in [4.78, 5) is 28.0. The molecule has 136 valence electrons. The van der Waals surface area contributed by atoms with Crippen molar-refractivity contribution < 1.29 is 14.7 Å². The standard InChI is InChI=1S/C20H18N4O3/c21-12-13-6-8-15(9-7-13)19(25)24-18-17(23-20(26)27)11-10-16(22-18)14-4-2-1-3-5-14/h1-11,23H,12,21H2,(H,26,27)(H,22,24,25). The van der Waals surface area contributed by atoms with Crippen LogP contribution in [0.4, 0.5) is 16.3 Å². The second-order valence-electron chi connectivity index (χ2n) is 5.74. The Hall–Kier alpha value is -3.71. The van der Waals surface area contributed by atoms with Crippen LogP contribution in [0, 0.1) is 0 Å². The monoisotopic (exact) mass is 362 g/mol. The van der Waals surface area contributed by atoms with E-state index in [1.807, 2.05) is 30.3 Å². The van der Waals surface area contributed by atoms with Gasteiger partial charge in [0, 0.05) is 17.7 Å². The van der Waals surface area contributed by atoms with Crippen molar-refractivity contribution in [2.75, 3.05) is 10.6 Å². The van der Waals surface area contributed by atoms with Crippen molar-refractivity contribution in [1.29, 1.82) is 0 Å². The number of nitrogens with zero attached hydrogens (tertiary/aromatic N) is 1. The van der Waals surface area contributed by atoms with Crippen molar-refractivity contribution in [3.63, 3.8) is 0 Å². The van der Waals surface area contributed by atoms with E-state index >= 15 is 0 Å². The Bertz CT molecular complexity index is 957. The fourth-order valence-electron chi connectivity index (χ4n) is 2.51. The van der Waals surface area contributed by atoms with Crippen molar-refractivity contribution in [2.45, 2.75) is 6.54 Å². The van der Waals surface area contributed by atoms with E-state index in [1.54, 1.807) is 36.4 Å². The molecule has 0 aliphatic rings. The molecule has 7 heteroatoms. The lowest BCUT2D eigenvalue weighted by atomic mass is 10.1. The highest BCUT2D eigenvalue weighted by Crippen LogP contribution is 2.26. The largest absolute Gasteiger partial charge is 0.465 e. The number of hydrogen-bond acceptors (Lipinski definition) is 4. The van der Waals surface area contributed by atoms with Crippen LogP contribution in [0.3, 0.4) is 0 Å². The number of carbonyl (C=O) groups excluding carboxylic acids is 1. The van der Waals surface area contributed by atoms with Gasteiger partial charge in [-0.1, -0.05) is 42.5 Å². The van der Waals surface area contributed by atoms with Gasteiger partial charge in [-0.3, -0.25) is 10.1 Å². The highest BCUT2D eigenvalue weighted by atomic mass is 16.4. The first kappa shape index (κ1) is 18.1. The summed E-state index contributed by atoms with van der Waals surface area (Å²) in [5.74, 6) is -0.267. The van der Waals surface area contributed by atoms with Gasteiger partial charge < -0.3 is 16.2 Å². The molecule has 0 saturated carbocycles. The van der Waals surface area contributed by atoms with Crippen LogP contribution in [0.15, 0.2) is 66.7 Å². The number of anilines is 2. The predicted molar refractivity (Wildman–Crippen MR) is 104 cm³/mol. The lowest BCUT2D eigenvalue weighted by molar-refractivity contribution is 0.102. The first-order valence-electron chi connectivity index (χ1n) is 8.23. The van der Waals surface area contributed by atoms with Gasteiger partial charge in [0.1, 0.15) is 0 Å². The highest BCUT2D eigenvalue weighted by molar-refractivity contribution is 6.06. The van der Waals surface area contributed by atoms with Crippen LogP contribution in [0.2, 0.25) is 0 Å². The zero-order chi connectivity index (χ0) is 19.2. The Kier molecular flexibility index (Phi) is 5.44. The number of hydrogen-bond donors (Lipinski definition) is 4. The maximum atomic E-state index is 12.5. The summed E-state index contributed by atoms with van der Waals surface area (Å²) in [6, 6.07) is 19.5. The summed E-state index contributed by atoms with van der Waals surface area (Å²) >= 11 is 0. The molecule has 0 spiro atoms. The summed E-state index contributed by atoms with van der Waals surface area (Å²) in [5.41, 5.74) is 8.54. The maximum Gasteiger partial charge on any atom is 0.409 e. The zero-order valence-corrected chi connectivity index (χ0v) is 14.3. The molecule has 1 heterocycles. The second-order valence-corrected chi connectivity index (χ2v) is 5.74. The van der Waals surface area contributed by atoms with Crippen molar-refractivity contribution >= 4 is 23.5 Å². The number of carbonyl (C=O) groups is 2. The van der Waals surface area contributed by atoms with E-state index < -0.39 is 12.0 Å². The normalized spacial score (nSPS) is 10.3. The molecule has 3 aromatic rings. The molecule has 3 rings (SSSR count). The van der Waals surface area contributed by atoms with Crippen LogP contribution < -0.4 is 16.4 Å². The molecule has 5 N–H and O–H groups in total. The molecule has 0 radical (unpaired) electrons. The first-order valence-corrected chi connectivity index (χ1v) is 8.23. The molecule has 2 amide bonds. The van der Waals surface area contributed by atoms with Gasteiger partial charge in [0.2, 0.25) is 0 Å². The fraction of sp³-hybridized carbons (Fsp3) is 0.0500. The van der Waals surface area contributed by atoms with Crippen molar-refractivity contribution in [1.82, 2.24) is 4.98 Å². The van der Waals surface area contributed by atoms with E-state index in [1.165, 1.54) is 0 Å². The van der Waals surface area contributed by atoms with Crippen molar-refractivity contribution in [3.8, 4) is 11.3 Å². The quantitative estimate of drug-likeness (QED) is 0.554. The molecular formula is C20H18N4O3. The van der Waals surface area contributed by atoms with Gasteiger partial charge in [0.15, 0.2) is 5.82 Å². The number of amides is 2. The Morgan fingerprint density at radius 1 is 0.926 bits per heavy atom. The minimum absolute atomic E-state index is 0.131. The number of nitrogens with one attached hydrogen (secondary N) is 2. The highest BCUT2D eigenvalue weighted by Gasteiger charge is 2.14. The predicted octanol–water partition coefficient (Wildman–Crippen LogP) is 3.55. The molecule has 2 aromatic carbocycles. The molecule has 1 aromatic heterocycles. The summed E-state index contributed by atoms with van der Waals surface area (Å²) in [7, 11) is 0. The summed E-state index contributed by atoms with van der Waals surface area (Å²) in [5, 5.41) is 13.9. The summed E-state index contributed by atoms with van der Waals surface area (Å²) in [6.45, 7) is 0.384. The number of rotatable bonds is 5. The van der Waals surface area contributed by atoms with Crippen molar-refractivity contribution in [2.24, 2.45) is 5.73 Å². The van der Waals surface area contributed by atoms with Gasteiger partial charge in [0.25, 0.3) is 5.91 Å². The molecule has 0 bridgehead atoms. The zero-order valence-electron chi connectivity index (χ0n) is 14.3. The number of carboxylic acid groups (broad SMARTS) is 1. The number of aromatic nitrogens is 1. The van der Waals surface area contributed by atoms with E-state index in [-0.39, 0.29) is 11.5 Å². The lowest BCUT2D eigenvalue weighted by Gasteiger charge is -2.12. The van der Waals surface area contributed by atoms with Crippen LogP contribution >= 0.6 is 0 Å². The molecule has 27 heavy (non-hydrogen) atoms. The summed E-state index contributed by atoms with van der Waals surface area (Å²) < 4.78 is 0. The SMILES string of the molecule is NCc1ccc(C(=O)Nc2nc(-c3ccccc3)ccc2NC(=O)O)cc1. The van der Waals surface area contributed by atoms with Gasteiger partial charge >= 0.3 is 6.09 Å². The van der Waals surface area contributed by atoms with E-state index in [0.717, 1.165) is 11.1 Å². The number of benzene rings is 2. The molecular weight excluding hydrogens is 344 g/mol. The van der Waals surface area contributed by atoms with Gasteiger partial charge in [-0.25, -0.2) is 9.78 Å². The average Bonchev–Trinajstić information content (AvgIpc) is 2.69. The molecule has 0 aliphatic carbocycles. The van der Waals surface area contributed by atoms with Crippen LogP contribution in [-0.2, 0) is 6.54 Å². The molecule has 0 fully saturated rings. The van der Waals surface area contributed by atoms with Crippen molar-refractivity contribution in [3.05, 3.63) is 77.9 Å². The average molecular weight is 362 g/mol. The third-order valence-corrected chi connectivity index (χ3v) is 3.89. The smallest absolute Gasteiger partial charge is 0.409 e. The third-order valence-electron chi connectivity index (χ3n) is 3.89. The lowest BCUT2D eigenvalue weighted by Crippen LogP contribution is -2.17. The maximum absolute atomic E-state index is 12.5. The van der Waals surface area contributed by atoms with Crippen LogP contribution in [0.25, 0.3) is 11.3 Å². The topological polar surface area (TPSA) is 117 Å². The Balaban J connectivity index is 1.92. The van der Waals surface area contributed by atoms with Gasteiger partial charge in [-0.15, -0.1) is 0 Å². The second kappa shape index (κ2) is 8.11. The molecule has 0 aliphatic heterocycles. The van der Waals surface area contributed by atoms with E-state index in [2.05, 4.69) is 15.6 Å². The minimum Gasteiger partial charge on any atom is -0.465 e. The van der Waals surface area contributed by atoms with Gasteiger partial charge in [-0.2, -0.15) is 0 Å². The summed E-state index contributed by atoms with van der Waals surface area (Å²) in [6.07, 6.45) is -1.24. The van der Waals surface area contributed by atoms with Gasteiger partial charge in [0.05, 0.1) is 11.4 Å².